The Hall–Kier alpha value is -2.84. The number of hydrogen-bond donors (Lipinski definition) is 1. The Kier molecular flexibility index (Phi) is 5.06. The summed E-state index contributed by atoms with van der Waals surface area (Å²) in [7, 11) is 0. The van der Waals surface area contributed by atoms with Gasteiger partial charge in [-0.2, -0.15) is 4.98 Å². The molecule has 0 fully saturated rings. The number of aromatic nitrogens is 5. The van der Waals surface area contributed by atoms with Crippen molar-refractivity contribution in [2.24, 2.45) is 0 Å². The Bertz CT molecular complexity index is 1170. The summed E-state index contributed by atoms with van der Waals surface area (Å²) < 4.78 is 1.64. The number of amides is 1. The number of anilines is 1. The normalized spacial score (nSPS) is 11.1. The van der Waals surface area contributed by atoms with E-state index < -0.39 is 0 Å². The fourth-order valence-corrected chi connectivity index (χ4v) is 3.96. The minimum atomic E-state index is -0.214. The maximum absolute atomic E-state index is 12.4. The van der Waals surface area contributed by atoms with Gasteiger partial charge in [-0.3, -0.25) is 4.79 Å². The van der Waals surface area contributed by atoms with E-state index in [9.17, 15) is 4.79 Å². The van der Waals surface area contributed by atoms with Crippen molar-refractivity contribution < 1.29 is 4.79 Å². The molecule has 0 bridgehead atoms. The van der Waals surface area contributed by atoms with Crippen LogP contribution in [0.3, 0.4) is 0 Å². The second kappa shape index (κ2) is 7.65. The molecule has 0 aliphatic heterocycles. The van der Waals surface area contributed by atoms with Gasteiger partial charge >= 0.3 is 0 Å². The summed E-state index contributed by atoms with van der Waals surface area (Å²) in [6.07, 6.45) is 2.54. The third-order valence-electron chi connectivity index (χ3n) is 4.05. The van der Waals surface area contributed by atoms with E-state index in [2.05, 4.69) is 25.4 Å². The van der Waals surface area contributed by atoms with Crippen molar-refractivity contribution in [2.75, 3.05) is 5.32 Å². The van der Waals surface area contributed by atoms with E-state index >= 15 is 0 Å². The zero-order valence-electron chi connectivity index (χ0n) is 15.3. The first kappa shape index (κ1) is 18.5. The van der Waals surface area contributed by atoms with Crippen molar-refractivity contribution in [1.29, 1.82) is 0 Å². The Balaban J connectivity index is 1.41. The summed E-state index contributed by atoms with van der Waals surface area (Å²) in [5.74, 6) is 0.710. The van der Waals surface area contributed by atoms with E-state index in [1.807, 2.05) is 44.2 Å². The second-order valence-corrected chi connectivity index (χ2v) is 7.99. The van der Waals surface area contributed by atoms with Crippen LogP contribution in [0.1, 0.15) is 27.7 Å². The molecule has 0 unspecified atom stereocenters. The molecule has 0 saturated carbocycles. The molecule has 4 aromatic rings. The smallest absolute Gasteiger partial charge is 0.252 e. The summed E-state index contributed by atoms with van der Waals surface area (Å²) >= 11 is 7.46. The Morgan fingerprint density at radius 2 is 2.11 bits per heavy atom. The van der Waals surface area contributed by atoms with Gasteiger partial charge in [0, 0.05) is 33.9 Å². The van der Waals surface area contributed by atoms with Crippen LogP contribution in [0, 0.1) is 13.8 Å². The zero-order chi connectivity index (χ0) is 19.7. The van der Waals surface area contributed by atoms with Gasteiger partial charge in [0.05, 0.1) is 6.42 Å². The molecule has 9 heteroatoms. The summed E-state index contributed by atoms with van der Waals surface area (Å²) in [4.78, 5) is 26.3. The number of halogens is 1. The van der Waals surface area contributed by atoms with Crippen LogP contribution in [-0.2, 0) is 17.6 Å². The predicted octanol–water partition coefficient (Wildman–Crippen LogP) is 3.62. The summed E-state index contributed by atoms with van der Waals surface area (Å²) in [6, 6.07) is 9.61. The van der Waals surface area contributed by atoms with Crippen LogP contribution in [0.25, 0.3) is 5.78 Å². The lowest BCUT2D eigenvalue weighted by Crippen LogP contribution is -2.15. The summed E-state index contributed by atoms with van der Waals surface area (Å²) in [6.45, 7) is 3.83. The van der Waals surface area contributed by atoms with E-state index in [0.717, 1.165) is 21.8 Å². The van der Waals surface area contributed by atoms with Crippen LogP contribution in [-0.4, -0.2) is 30.5 Å². The molecule has 0 radical (unpaired) electrons. The maximum atomic E-state index is 12.4. The molecule has 142 valence electrons. The monoisotopic (exact) mass is 412 g/mol. The van der Waals surface area contributed by atoms with E-state index in [4.69, 9.17) is 11.6 Å². The van der Waals surface area contributed by atoms with Gasteiger partial charge in [-0.25, -0.2) is 14.5 Å². The quantitative estimate of drug-likeness (QED) is 0.541. The average Bonchev–Trinajstić information content (AvgIpc) is 3.21. The van der Waals surface area contributed by atoms with Crippen molar-refractivity contribution in [2.45, 2.75) is 26.7 Å². The number of aryl methyl sites for hydroxylation is 2. The topological polar surface area (TPSA) is 85.1 Å². The number of fused-ring (bicyclic) bond motifs is 1. The van der Waals surface area contributed by atoms with Gasteiger partial charge < -0.3 is 5.32 Å². The predicted molar refractivity (Wildman–Crippen MR) is 109 cm³/mol. The van der Waals surface area contributed by atoms with Crippen LogP contribution in [0.15, 0.2) is 36.5 Å². The lowest BCUT2D eigenvalue weighted by molar-refractivity contribution is -0.115. The van der Waals surface area contributed by atoms with Crippen molar-refractivity contribution in [3.05, 3.63) is 69.2 Å². The molecule has 0 aliphatic carbocycles. The molecule has 1 N–H and O–H groups in total. The highest BCUT2D eigenvalue weighted by Crippen LogP contribution is 2.22. The number of carbonyl (C=O) groups is 1. The van der Waals surface area contributed by atoms with Crippen LogP contribution >= 0.6 is 22.9 Å². The first-order valence-electron chi connectivity index (χ1n) is 8.65. The van der Waals surface area contributed by atoms with Crippen molar-refractivity contribution in [1.82, 2.24) is 24.6 Å². The Morgan fingerprint density at radius 1 is 1.25 bits per heavy atom. The van der Waals surface area contributed by atoms with Gasteiger partial charge in [0.1, 0.15) is 0 Å². The standard InChI is InChI=1S/C19H17ClN6OS/c1-11-6-12(2)26-18(22-11)23-16(25-26)9-17(27)24-19-21-10-15(28-19)8-13-4-3-5-14(20)7-13/h3-7,10H,8-9H2,1-2H3,(H,21,24,27). The molecule has 4 rings (SSSR count). The molecular weight excluding hydrogens is 396 g/mol. The van der Waals surface area contributed by atoms with Crippen molar-refractivity contribution in [3.63, 3.8) is 0 Å². The van der Waals surface area contributed by atoms with Crippen LogP contribution in [0.5, 0.6) is 0 Å². The highest BCUT2D eigenvalue weighted by Gasteiger charge is 2.13. The number of nitrogens with one attached hydrogen (secondary N) is 1. The molecule has 3 heterocycles. The van der Waals surface area contributed by atoms with Gasteiger partial charge in [0.2, 0.25) is 5.91 Å². The third-order valence-corrected chi connectivity index (χ3v) is 5.20. The average molecular weight is 413 g/mol. The molecule has 0 saturated heterocycles. The minimum absolute atomic E-state index is 0.0606. The molecule has 1 aromatic carbocycles. The number of benzene rings is 1. The van der Waals surface area contributed by atoms with Crippen LogP contribution in [0.2, 0.25) is 5.02 Å². The van der Waals surface area contributed by atoms with Crippen molar-refractivity contribution in [3.8, 4) is 0 Å². The van der Waals surface area contributed by atoms with Crippen LogP contribution in [0.4, 0.5) is 5.13 Å². The zero-order valence-corrected chi connectivity index (χ0v) is 16.9. The largest absolute Gasteiger partial charge is 0.302 e. The van der Waals surface area contributed by atoms with E-state index in [1.54, 1.807) is 10.7 Å². The van der Waals surface area contributed by atoms with Gasteiger partial charge in [-0.05, 0) is 37.6 Å². The van der Waals surface area contributed by atoms with E-state index in [0.29, 0.717) is 28.2 Å². The van der Waals surface area contributed by atoms with Gasteiger partial charge in [-0.15, -0.1) is 16.4 Å². The third kappa shape index (κ3) is 4.18. The molecule has 3 aromatic heterocycles. The molecule has 28 heavy (non-hydrogen) atoms. The molecule has 1 amide bonds. The van der Waals surface area contributed by atoms with Crippen molar-refractivity contribution >= 4 is 39.8 Å². The molecule has 0 spiro atoms. The Morgan fingerprint density at radius 3 is 2.93 bits per heavy atom. The molecule has 0 atom stereocenters. The maximum Gasteiger partial charge on any atom is 0.252 e. The number of rotatable bonds is 5. The fraction of sp³-hybridized carbons (Fsp3) is 0.211. The number of thiazole rings is 1. The molecule has 7 nitrogen and oxygen atoms in total. The minimum Gasteiger partial charge on any atom is -0.302 e. The van der Waals surface area contributed by atoms with Crippen LogP contribution < -0.4 is 5.32 Å². The van der Waals surface area contributed by atoms with E-state index in [-0.39, 0.29) is 12.3 Å². The van der Waals surface area contributed by atoms with Gasteiger partial charge in [0.15, 0.2) is 11.0 Å². The van der Waals surface area contributed by atoms with Gasteiger partial charge in [-0.1, -0.05) is 23.7 Å². The fourth-order valence-electron chi connectivity index (χ4n) is 2.88. The first-order valence-corrected chi connectivity index (χ1v) is 9.84. The lowest BCUT2D eigenvalue weighted by Gasteiger charge is -1.99. The number of hydrogen-bond acceptors (Lipinski definition) is 6. The summed E-state index contributed by atoms with van der Waals surface area (Å²) in [5.41, 5.74) is 2.89. The highest BCUT2D eigenvalue weighted by molar-refractivity contribution is 7.15. The van der Waals surface area contributed by atoms with Gasteiger partial charge in [0.25, 0.3) is 5.78 Å². The molecular formula is C19H17ClN6OS. The number of carbonyl (C=O) groups excluding carboxylic acids is 1. The second-order valence-electron chi connectivity index (χ2n) is 6.44. The first-order chi connectivity index (χ1) is 13.5. The van der Waals surface area contributed by atoms with E-state index in [1.165, 1.54) is 11.3 Å². The Labute approximate surface area is 170 Å². The summed E-state index contributed by atoms with van der Waals surface area (Å²) in [5, 5.41) is 8.42. The SMILES string of the molecule is Cc1cc(C)n2nc(CC(=O)Nc3ncc(Cc4cccc(Cl)c4)s3)nc2n1. The molecule has 0 aliphatic rings. The highest BCUT2D eigenvalue weighted by atomic mass is 35.5. The number of nitrogens with zero attached hydrogens (tertiary/aromatic N) is 5. The lowest BCUT2D eigenvalue weighted by atomic mass is 10.1.